The van der Waals surface area contributed by atoms with Crippen LogP contribution in [0.5, 0.6) is 17.2 Å². The number of terminal acetylenes is 2. The Bertz CT molecular complexity index is 8950. The Kier molecular flexibility index (Phi) is 27.4. The van der Waals surface area contributed by atoms with Crippen molar-refractivity contribution in [2.24, 2.45) is 0 Å². The van der Waals surface area contributed by atoms with Gasteiger partial charge in [0.15, 0.2) is 92.9 Å². The lowest BCUT2D eigenvalue weighted by Crippen LogP contribution is -2.11. The minimum atomic E-state index is -0.440. The number of hydrogen-bond acceptors (Lipinski definition) is 22. The number of hydrogen-bond donors (Lipinski definition) is 0. The number of ether oxygens (including phenoxy) is 5. The molecule has 40 heteroatoms. The minimum absolute atomic E-state index is 0.0340. The van der Waals surface area contributed by atoms with E-state index in [9.17, 15) is 13.2 Å². The number of oxazole rings is 1. The van der Waals surface area contributed by atoms with Crippen LogP contribution >= 0.6 is 58.0 Å². The predicted octanol–water partition coefficient (Wildman–Crippen LogP) is 20.7. The summed E-state index contributed by atoms with van der Waals surface area (Å²) in [5, 5.41) is 46.7. The van der Waals surface area contributed by atoms with Crippen molar-refractivity contribution < 1.29 is 41.3 Å². The molecule has 0 bridgehead atoms. The summed E-state index contributed by atoms with van der Waals surface area (Å²) in [6.07, 6.45) is 23.1. The zero-order chi connectivity index (χ0) is 103. The number of aromatic nitrogens is 26. The first-order chi connectivity index (χ1) is 73.5. The van der Waals surface area contributed by atoms with Crippen LogP contribution in [0.2, 0.25) is 25.1 Å². The Balaban J connectivity index is 0.000000106. The third-order valence-corrected chi connectivity index (χ3v) is 26.1. The molecule has 150 heavy (non-hydrogen) atoms. The second kappa shape index (κ2) is 42.6. The molecule has 0 radical (unpaired) electrons. The van der Waals surface area contributed by atoms with E-state index in [4.69, 9.17) is 99.0 Å². The molecule has 21 aromatic rings. The van der Waals surface area contributed by atoms with E-state index in [2.05, 4.69) is 126 Å². The predicted molar refractivity (Wildman–Crippen MR) is 552 cm³/mol. The van der Waals surface area contributed by atoms with Crippen LogP contribution in [0.4, 0.5) is 13.2 Å². The number of fused-ring (bicyclic) bond motifs is 25. The summed E-state index contributed by atoms with van der Waals surface area (Å²) in [5.74, 6) is 23.3. The highest BCUT2D eigenvalue weighted by molar-refractivity contribution is 6.32. The van der Waals surface area contributed by atoms with E-state index in [-0.39, 0.29) is 37.1 Å². The van der Waals surface area contributed by atoms with Gasteiger partial charge in [0.1, 0.15) is 99.4 Å². The van der Waals surface area contributed by atoms with Crippen LogP contribution in [0.15, 0.2) is 273 Å². The summed E-state index contributed by atoms with van der Waals surface area (Å²) in [7, 11) is 0. The Hall–Kier alpha value is -18.0. The standard InChI is InChI=1S/C23H18ClN5O.C22H14ClFN6O2.C22H15ClFN5O.C22H16ClN5O.C21H13ClFN5O/c1-2-6-19-21-12-28-22(14-30-13-16-7-4-3-5-8-16)26-27-23(28)18-11-17(24)9-10-20(18)29(21)15-25-19;23-13-5-6-16-14(9-13)21-28-27-19(11-32-18-4-2-1-3-15(18)24)29(21)10-17-20(26-12-30(16)17)22-25-7-8-31-22;1-2-5-17-19-11-28-21(12-30-20-7-4-3-6-16(20)24)26-27-22(28)15-10-14(23)8-9-18(15)29(19)13-25-17;1-2-18-20-11-27-21(13-29-12-15-6-4-3-5-7-15)25-26-22(27)17-10-16(23)8-9-19(17)28(20)14-24-18;1-2-16-18-10-27-20(11-29-19-6-4-3-5-15(19)23)25-26-21(27)14-9-13(22)7-8-17(14)28(18)12-24-16/h3-5,7-11,15H,12-14H2,1H3;1-9,12H,10-11H2;3-4,6-10,13H,11-12H2,1H3;1,3-10,14H,11-13H2;1,3-9,12H,10-11H2. The van der Waals surface area contributed by atoms with Crippen LogP contribution in [0, 0.1) is 65.8 Å². The quantitative estimate of drug-likeness (QED) is 0.0720. The molecule has 26 rings (SSSR count). The Labute approximate surface area is 878 Å². The van der Waals surface area contributed by atoms with Gasteiger partial charge in [0, 0.05) is 52.9 Å². The Morgan fingerprint density at radius 3 is 0.893 bits per heavy atom. The molecule has 738 valence electrons. The van der Waals surface area contributed by atoms with Gasteiger partial charge in [0.25, 0.3) is 0 Å². The van der Waals surface area contributed by atoms with Crippen molar-refractivity contribution in [1.29, 1.82) is 0 Å². The average Bonchev–Trinajstić information content (AvgIpc) is 1.61. The van der Waals surface area contributed by atoms with Gasteiger partial charge in [-0.1, -0.05) is 167 Å². The maximum Gasteiger partial charge on any atom is 0.246 e. The number of nitrogens with zero attached hydrogens (tertiary/aromatic N) is 26. The summed E-state index contributed by atoms with van der Waals surface area (Å²) >= 11 is 31.4. The highest BCUT2D eigenvalue weighted by atomic mass is 35.5. The number of imidazole rings is 5. The molecule has 0 unspecified atom stereocenters. The summed E-state index contributed by atoms with van der Waals surface area (Å²) in [4.78, 5) is 26.5. The van der Waals surface area contributed by atoms with Crippen LogP contribution in [-0.4, -0.2) is 127 Å². The molecule has 0 aliphatic carbocycles. The molecule has 5 aliphatic rings. The van der Waals surface area contributed by atoms with Crippen LogP contribution in [0.1, 0.15) is 105 Å². The smallest absolute Gasteiger partial charge is 0.246 e. The number of benzene rings is 10. The van der Waals surface area contributed by atoms with E-state index in [1.54, 1.807) is 105 Å². The molecule has 0 fully saturated rings. The summed E-state index contributed by atoms with van der Waals surface area (Å²) in [6, 6.07) is 66.9. The molecule has 10 aromatic carbocycles. The molecule has 0 N–H and O–H groups in total. The second-order valence-electron chi connectivity index (χ2n) is 34.0. The number of para-hydroxylation sites is 3. The molecular weight excluding hydrogens is 2020 g/mol. The molecule has 32 nitrogen and oxygen atoms in total. The van der Waals surface area contributed by atoms with Gasteiger partial charge in [-0.3, -0.25) is 22.8 Å². The van der Waals surface area contributed by atoms with Crippen molar-refractivity contribution in [3.63, 3.8) is 0 Å². The van der Waals surface area contributed by atoms with Crippen molar-refractivity contribution >= 4 is 58.0 Å². The fourth-order valence-electron chi connectivity index (χ4n) is 17.9. The van der Waals surface area contributed by atoms with E-state index in [0.29, 0.717) is 148 Å². The van der Waals surface area contributed by atoms with Gasteiger partial charge in [-0.25, -0.2) is 43.1 Å². The average molecular weight is 2090 g/mol. The minimum Gasteiger partial charge on any atom is -0.483 e. The Morgan fingerprint density at radius 2 is 0.593 bits per heavy atom. The summed E-state index contributed by atoms with van der Waals surface area (Å²) in [6.45, 7) is 7.66. The van der Waals surface area contributed by atoms with Gasteiger partial charge in [-0.15, -0.1) is 63.8 Å². The normalized spacial score (nSPS) is 11.8. The molecule has 0 saturated heterocycles. The van der Waals surface area contributed by atoms with Gasteiger partial charge < -0.3 is 50.9 Å². The molecule has 0 saturated carbocycles. The van der Waals surface area contributed by atoms with Gasteiger partial charge in [-0.2, -0.15) is 0 Å². The summed E-state index contributed by atoms with van der Waals surface area (Å²) < 4.78 is 95.9. The van der Waals surface area contributed by atoms with E-state index < -0.39 is 17.5 Å². The topological polar surface area (TPSA) is 315 Å². The first-order valence-electron chi connectivity index (χ1n) is 46.5. The van der Waals surface area contributed by atoms with Gasteiger partial charge in [-0.05, 0) is 176 Å². The lowest BCUT2D eigenvalue weighted by molar-refractivity contribution is 0.0993. The third-order valence-electron chi connectivity index (χ3n) is 25.0. The summed E-state index contributed by atoms with van der Waals surface area (Å²) in [5.41, 5.74) is 18.5. The Morgan fingerprint density at radius 1 is 0.313 bits per heavy atom. The lowest BCUT2D eigenvalue weighted by Gasteiger charge is -2.10. The van der Waals surface area contributed by atoms with Crippen molar-refractivity contribution in [1.82, 2.24) is 127 Å². The molecule has 0 atom stereocenters. The van der Waals surface area contributed by atoms with Crippen molar-refractivity contribution in [3.05, 3.63) is 403 Å². The third kappa shape index (κ3) is 19.4. The molecule has 0 spiro atoms. The highest BCUT2D eigenvalue weighted by Crippen LogP contribution is 2.43. The first kappa shape index (κ1) is 96.7. The van der Waals surface area contributed by atoms with E-state index >= 15 is 0 Å². The van der Waals surface area contributed by atoms with Gasteiger partial charge in [0.2, 0.25) is 5.89 Å². The zero-order valence-corrected chi connectivity index (χ0v) is 82.9. The number of halogens is 8. The zero-order valence-electron chi connectivity index (χ0n) is 79.1. The molecule has 16 heterocycles. The van der Waals surface area contributed by atoms with Crippen molar-refractivity contribution in [2.75, 3.05) is 0 Å². The largest absolute Gasteiger partial charge is 0.483 e. The first-order valence-corrected chi connectivity index (χ1v) is 48.3. The van der Waals surface area contributed by atoms with Gasteiger partial charge >= 0.3 is 0 Å². The van der Waals surface area contributed by atoms with Crippen molar-refractivity contribution in [2.45, 2.75) is 92.8 Å². The van der Waals surface area contributed by atoms with Crippen molar-refractivity contribution in [3.8, 4) is 163 Å². The second-order valence-corrected chi connectivity index (χ2v) is 36.2. The van der Waals surface area contributed by atoms with Crippen LogP contribution in [0.25, 0.3) is 97.0 Å². The van der Waals surface area contributed by atoms with Crippen LogP contribution in [-0.2, 0) is 88.4 Å². The maximum absolute atomic E-state index is 14.0. The molecule has 5 aliphatic heterocycles. The van der Waals surface area contributed by atoms with E-state index in [1.165, 1.54) is 24.5 Å². The van der Waals surface area contributed by atoms with E-state index in [1.807, 2.05) is 189 Å². The van der Waals surface area contributed by atoms with Gasteiger partial charge in [0.05, 0.1) is 109 Å². The lowest BCUT2D eigenvalue weighted by atomic mass is 10.1. The van der Waals surface area contributed by atoms with E-state index in [0.717, 1.165) is 125 Å². The van der Waals surface area contributed by atoms with Crippen LogP contribution < -0.4 is 14.2 Å². The van der Waals surface area contributed by atoms with Crippen LogP contribution in [0.3, 0.4) is 0 Å². The molecular formula is C110H76Cl5F3N26O6. The fraction of sp³-hybridized carbons (Fsp3) is 0.127. The highest BCUT2D eigenvalue weighted by Gasteiger charge is 2.35. The maximum atomic E-state index is 14.0. The SMILES string of the molecule is C#Cc1ncn2c1Cn1c(COCc3ccccc3)nnc1-c1cc(Cl)ccc1-2.C#Cc1ncn2c1Cn1c(COc3ccccc3F)nnc1-c1cc(Cl)ccc1-2.CC#Cc1ncn2c1Cn1c(COCc3ccccc3)nnc1-c1cc(Cl)ccc1-2.CC#Cc1ncn2c1Cn1c(COc3ccccc3F)nnc1-c1cc(Cl)ccc1-2.Fc1ccccc1OCc1nnc2n1Cc1c(-c3ncco3)ncn1-c1ccc(Cl)cc1-2. The monoisotopic (exact) mass is 2090 g/mol. The molecule has 11 aromatic heterocycles. The molecule has 0 amide bonds. The number of rotatable bonds is 18. The fourth-order valence-corrected chi connectivity index (χ4v) is 18.8.